The molecule has 0 saturated carbocycles. The third-order valence-corrected chi connectivity index (χ3v) is 3.70. The van der Waals surface area contributed by atoms with Crippen molar-refractivity contribution in [2.45, 2.75) is 25.0 Å². The van der Waals surface area contributed by atoms with Gasteiger partial charge in [0.25, 0.3) is 0 Å². The summed E-state index contributed by atoms with van der Waals surface area (Å²) < 4.78 is 0. The highest BCUT2D eigenvalue weighted by molar-refractivity contribution is 5.17. The lowest BCUT2D eigenvalue weighted by atomic mass is 10.1. The summed E-state index contributed by atoms with van der Waals surface area (Å²) in [6.45, 7) is 1.63. The van der Waals surface area contributed by atoms with Gasteiger partial charge < -0.3 is 5.11 Å². The molecule has 0 spiro atoms. The average molecular weight is 258 g/mol. The van der Waals surface area contributed by atoms with E-state index in [1.54, 1.807) is 6.33 Å². The van der Waals surface area contributed by atoms with Crippen LogP contribution < -0.4 is 0 Å². The molecule has 1 aliphatic heterocycles. The molecule has 100 valence electrons. The molecular weight excluding hydrogens is 240 g/mol. The van der Waals surface area contributed by atoms with Gasteiger partial charge in [0.05, 0.1) is 12.1 Å². The Labute approximate surface area is 112 Å². The first kappa shape index (κ1) is 12.3. The Bertz CT molecular complexity index is 499. The molecule has 2 N–H and O–H groups in total. The molecule has 2 aromatic rings. The lowest BCUT2D eigenvalue weighted by molar-refractivity contribution is 0.104. The van der Waals surface area contributed by atoms with Gasteiger partial charge in [0.1, 0.15) is 12.2 Å². The van der Waals surface area contributed by atoms with Crippen molar-refractivity contribution in [3.05, 3.63) is 48.0 Å². The van der Waals surface area contributed by atoms with Crippen molar-refractivity contribution in [2.75, 3.05) is 13.1 Å². The topological polar surface area (TPSA) is 65.0 Å². The number of aliphatic hydroxyl groups excluding tert-OH is 1. The summed E-state index contributed by atoms with van der Waals surface area (Å²) in [7, 11) is 0. The number of nitrogens with zero attached hydrogens (tertiary/aromatic N) is 3. The van der Waals surface area contributed by atoms with E-state index in [1.165, 1.54) is 0 Å². The molecular formula is C14H18N4O. The second-order valence-electron chi connectivity index (χ2n) is 4.95. The molecule has 5 nitrogen and oxygen atoms in total. The number of aliphatic hydroxyl groups is 1. The fourth-order valence-electron chi connectivity index (χ4n) is 2.73. The molecule has 5 heteroatoms. The fourth-order valence-corrected chi connectivity index (χ4v) is 2.73. The zero-order chi connectivity index (χ0) is 13.1. The SMILES string of the molecule is O[C@@H](CN1CCC[C@H]1c1ncn[nH]1)c1ccccc1. The van der Waals surface area contributed by atoms with Crippen LogP contribution in [0.15, 0.2) is 36.7 Å². The van der Waals surface area contributed by atoms with Crippen LogP contribution in [0.5, 0.6) is 0 Å². The van der Waals surface area contributed by atoms with Gasteiger partial charge in [0.2, 0.25) is 0 Å². The van der Waals surface area contributed by atoms with Gasteiger partial charge in [-0.1, -0.05) is 30.3 Å². The second-order valence-corrected chi connectivity index (χ2v) is 4.95. The van der Waals surface area contributed by atoms with E-state index in [4.69, 9.17) is 0 Å². The standard InChI is InChI=1S/C14H18N4O/c19-13(11-5-2-1-3-6-11)9-18-8-4-7-12(18)14-15-10-16-17-14/h1-3,5-6,10,12-13,19H,4,7-9H2,(H,15,16,17)/t12-,13-/m0/s1. The quantitative estimate of drug-likeness (QED) is 0.875. The number of H-pyrrole nitrogens is 1. The van der Waals surface area contributed by atoms with E-state index in [2.05, 4.69) is 20.1 Å². The third-order valence-electron chi connectivity index (χ3n) is 3.70. The Morgan fingerprint density at radius 2 is 2.21 bits per heavy atom. The number of β-amino-alcohol motifs (C(OH)–C–C–N with tert-alkyl or cyclic N) is 1. The maximum atomic E-state index is 10.3. The van der Waals surface area contributed by atoms with Crippen LogP contribution in [0.4, 0.5) is 0 Å². The third kappa shape index (κ3) is 2.67. The van der Waals surface area contributed by atoms with Gasteiger partial charge in [-0.05, 0) is 24.9 Å². The number of aromatic nitrogens is 3. The monoisotopic (exact) mass is 258 g/mol. The second kappa shape index (κ2) is 5.50. The minimum atomic E-state index is -0.454. The van der Waals surface area contributed by atoms with Gasteiger partial charge in [0, 0.05) is 6.54 Å². The van der Waals surface area contributed by atoms with E-state index >= 15 is 0 Å². The molecule has 1 aliphatic rings. The molecule has 0 bridgehead atoms. The number of aromatic amines is 1. The van der Waals surface area contributed by atoms with Crippen LogP contribution >= 0.6 is 0 Å². The highest BCUT2D eigenvalue weighted by Crippen LogP contribution is 2.31. The van der Waals surface area contributed by atoms with Crippen LogP contribution in [-0.2, 0) is 0 Å². The lowest BCUT2D eigenvalue weighted by Gasteiger charge is -2.25. The molecule has 0 unspecified atom stereocenters. The largest absolute Gasteiger partial charge is 0.387 e. The predicted octanol–water partition coefficient (Wildman–Crippen LogP) is 1.68. The van der Waals surface area contributed by atoms with Crippen molar-refractivity contribution in [1.29, 1.82) is 0 Å². The lowest BCUT2D eigenvalue weighted by Crippen LogP contribution is -2.29. The number of likely N-dealkylation sites (tertiary alicyclic amines) is 1. The van der Waals surface area contributed by atoms with Crippen molar-refractivity contribution in [1.82, 2.24) is 20.1 Å². The summed E-state index contributed by atoms with van der Waals surface area (Å²) in [6.07, 6.45) is 3.29. The van der Waals surface area contributed by atoms with Crippen molar-refractivity contribution in [3.8, 4) is 0 Å². The first-order valence-electron chi connectivity index (χ1n) is 6.67. The van der Waals surface area contributed by atoms with Crippen molar-refractivity contribution < 1.29 is 5.11 Å². The summed E-state index contributed by atoms with van der Waals surface area (Å²) in [5.41, 5.74) is 0.964. The van der Waals surface area contributed by atoms with Crippen LogP contribution in [0.25, 0.3) is 0 Å². The summed E-state index contributed by atoms with van der Waals surface area (Å²) in [5, 5.41) is 17.2. The normalized spacial score (nSPS) is 21.6. The minimum absolute atomic E-state index is 0.251. The van der Waals surface area contributed by atoms with Gasteiger partial charge in [-0.15, -0.1) is 0 Å². The Morgan fingerprint density at radius 3 is 2.95 bits per heavy atom. The van der Waals surface area contributed by atoms with E-state index in [0.717, 1.165) is 30.8 Å². The number of nitrogens with one attached hydrogen (secondary N) is 1. The first-order valence-corrected chi connectivity index (χ1v) is 6.67. The van der Waals surface area contributed by atoms with Crippen molar-refractivity contribution in [3.63, 3.8) is 0 Å². The van der Waals surface area contributed by atoms with Crippen molar-refractivity contribution in [2.24, 2.45) is 0 Å². The van der Waals surface area contributed by atoms with E-state index < -0.39 is 6.10 Å². The Hall–Kier alpha value is -1.72. The molecule has 1 fully saturated rings. The highest BCUT2D eigenvalue weighted by atomic mass is 16.3. The number of hydrogen-bond donors (Lipinski definition) is 2. The number of benzene rings is 1. The van der Waals surface area contributed by atoms with E-state index in [9.17, 15) is 5.11 Å². The molecule has 1 saturated heterocycles. The smallest absolute Gasteiger partial charge is 0.141 e. The maximum absolute atomic E-state index is 10.3. The summed E-state index contributed by atoms with van der Waals surface area (Å²) in [6, 6.07) is 10.0. The number of rotatable bonds is 4. The van der Waals surface area contributed by atoms with E-state index in [1.807, 2.05) is 30.3 Å². The van der Waals surface area contributed by atoms with Gasteiger partial charge >= 0.3 is 0 Å². The summed E-state index contributed by atoms with van der Waals surface area (Å²) in [4.78, 5) is 6.51. The van der Waals surface area contributed by atoms with Gasteiger partial charge in [-0.25, -0.2) is 4.98 Å². The van der Waals surface area contributed by atoms with Gasteiger partial charge in [-0.3, -0.25) is 10.00 Å². The van der Waals surface area contributed by atoms with E-state index in [-0.39, 0.29) is 6.04 Å². The molecule has 1 aromatic carbocycles. The zero-order valence-corrected chi connectivity index (χ0v) is 10.7. The van der Waals surface area contributed by atoms with E-state index in [0.29, 0.717) is 6.54 Å². The molecule has 0 radical (unpaired) electrons. The fraction of sp³-hybridized carbons (Fsp3) is 0.429. The van der Waals surface area contributed by atoms with Crippen molar-refractivity contribution >= 4 is 0 Å². The molecule has 19 heavy (non-hydrogen) atoms. The molecule has 2 atom stereocenters. The van der Waals surface area contributed by atoms with Gasteiger partial charge in [0.15, 0.2) is 0 Å². The molecule has 0 aliphatic carbocycles. The Balaban J connectivity index is 1.69. The molecule has 2 heterocycles. The summed E-state index contributed by atoms with van der Waals surface area (Å²) >= 11 is 0. The molecule has 3 rings (SSSR count). The minimum Gasteiger partial charge on any atom is -0.387 e. The van der Waals surface area contributed by atoms with Gasteiger partial charge in [-0.2, -0.15) is 5.10 Å². The molecule has 1 aromatic heterocycles. The van der Waals surface area contributed by atoms with Crippen LogP contribution in [0.1, 0.15) is 36.4 Å². The molecule has 0 amide bonds. The van der Waals surface area contributed by atoms with Crippen LogP contribution in [0.3, 0.4) is 0 Å². The summed E-state index contributed by atoms with van der Waals surface area (Å²) in [5.74, 6) is 0.901. The number of hydrogen-bond acceptors (Lipinski definition) is 4. The van der Waals surface area contributed by atoms with Crippen LogP contribution in [0, 0.1) is 0 Å². The predicted molar refractivity (Wildman–Crippen MR) is 71.3 cm³/mol. The van der Waals surface area contributed by atoms with Crippen LogP contribution in [-0.4, -0.2) is 38.3 Å². The highest BCUT2D eigenvalue weighted by Gasteiger charge is 2.29. The average Bonchev–Trinajstić information content (AvgIpc) is 3.10. The zero-order valence-electron chi connectivity index (χ0n) is 10.7. The van der Waals surface area contributed by atoms with Crippen LogP contribution in [0.2, 0.25) is 0 Å². The maximum Gasteiger partial charge on any atom is 0.141 e. The Morgan fingerprint density at radius 1 is 1.37 bits per heavy atom. The Kier molecular flexibility index (Phi) is 3.57. The first-order chi connectivity index (χ1) is 9.34.